The number of benzene rings is 2. The van der Waals surface area contributed by atoms with Gasteiger partial charge in [-0.3, -0.25) is 4.40 Å². The van der Waals surface area contributed by atoms with E-state index in [-0.39, 0.29) is 0 Å². The van der Waals surface area contributed by atoms with Crippen molar-refractivity contribution in [2.75, 3.05) is 0 Å². The highest BCUT2D eigenvalue weighted by Gasteiger charge is 2.07. The summed E-state index contributed by atoms with van der Waals surface area (Å²) in [6, 6.07) is 16.5. The summed E-state index contributed by atoms with van der Waals surface area (Å²) in [4.78, 5) is 9.22. The molecule has 0 aliphatic carbocycles. The molecule has 20 heavy (non-hydrogen) atoms. The molecule has 2 heterocycles. The van der Waals surface area contributed by atoms with Crippen molar-refractivity contribution < 1.29 is 0 Å². The number of rotatable bonds is 1. The molecule has 96 valence electrons. The van der Waals surface area contributed by atoms with E-state index >= 15 is 0 Å². The minimum absolute atomic E-state index is 0.950. The minimum atomic E-state index is 0.950. The van der Waals surface area contributed by atoms with Crippen LogP contribution in [0.5, 0.6) is 0 Å². The molecule has 0 saturated heterocycles. The lowest BCUT2D eigenvalue weighted by molar-refractivity contribution is 1.12. The van der Waals surface area contributed by atoms with E-state index in [1.807, 2.05) is 35.1 Å². The van der Waals surface area contributed by atoms with Gasteiger partial charge in [0.2, 0.25) is 0 Å². The van der Waals surface area contributed by atoms with Gasteiger partial charge in [0.25, 0.3) is 0 Å². The molecule has 0 radical (unpaired) electrons. The maximum absolute atomic E-state index is 4.76. The average Bonchev–Trinajstić information content (AvgIpc) is 2.92. The van der Waals surface area contributed by atoms with Crippen molar-refractivity contribution in [3.63, 3.8) is 0 Å². The number of fused-ring (bicyclic) bond motifs is 3. The van der Waals surface area contributed by atoms with Crippen molar-refractivity contribution in [2.24, 2.45) is 0 Å². The lowest BCUT2D eigenvalue weighted by atomic mass is 10.1. The Kier molecular flexibility index (Phi) is 2.33. The summed E-state index contributed by atoms with van der Waals surface area (Å²) in [5.41, 5.74) is 5.28. The van der Waals surface area contributed by atoms with Crippen LogP contribution < -0.4 is 0 Å². The minimum Gasteiger partial charge on any atom is -0.289 e. The second-order valence-corrected chi connectivity index (χ2v) is 4.98. The number of hydrogen-bond donors (Lipinski definition) is 0. The van der Waals surface area contributed by atoms with E-state index in [1.165, 1.54) is 5.56 Å². The van der Waals surface area contributed by atoms with Gasteiger partial charge in [-0.25, -0.2) is 9.97 Å². The maximum Gasteiger partial charge on any atom is 0.148 e. The van der Waals surface area contributed by atoms with Crippen molar-refractivity contribution in [3.8, 4) is 11.3 Å². The quantitative estimate of drug-likeness (QED) is 0.519. The molecule has 0 atom stereocenters. The Morgan fingerprint density at radius 1 is 0.950 bits per heavy atom. The molecule has 0 amide bonds. The lowest BCUT2D eigenvalue weighted by Gasteiger charge is -1.97. The molecular weight excluding hydrogens is 246 g/mol. The third-order valence-electron chi connectivity index (χ3n) is 3.55. The van der Waals surface area contributed by atoms with E-state index in [9.17, 15) is 0 Å². The molecule has 0 bridgehead atoms. The van der Waals surface area contributed by atoms with Crippen molar-refractivity contribution in [1.29, 1.82) is 0 Å². The van der Waals surface area contributed by atoms with Crippen molar-refractivity contribution in [2.45, 2.75) is 6.92 Å². The van der Waals surface area contributed by atoms with E-state index in [1.54, 1.807) is 0 Å². The van der Waals surface area contributed by atoms with Gasteiger partial charge < -0.3 is 0 Å². The van der Waals surface area contributed by atoms with Gasteiger partial charge in [0.1, 0.15) is 12.0 Å². The SMILES string of the molecule is Cc1ccc(-c2cn3cnc4ccccc4c3n2)cc1. The van der Waals surface area contributed by atoms with Crippen molar-refractivity contribution in [1.82, 2.24) is 14.4 Å². The number of aryl methyl sites for hydroxylation is 1. The van der Waals surface area contributed by atoms with E-state index in [0.717, 1.165) is 27.8 Å². The van der Waals surface area contributed by atoms with E-state index < -0.39 is 0 Å². The van der Waals surface area contributed by atoms with Gasteiger partial charge in [0.05, 0.1) is 11.2 Å². The molecule has 0 aliphatic heterocycles. The third kappa shape index (κ3) is 1.67. The van der Waals surface area contributed by atoms with E-state index in [2.05, 4.69) is 42.2 Å². The molecule has 0 fully saturated rings. The summed E-state index contributed by atoms with van der Waals surface area (Å²) >= 11 is 0. The van der Waals surface area contributed by atoms with E-state index in [0.29, 0.717) is 0 Å². The van der Waals surface area contributed by atoms with Crippen LogP contribution in [0.2, 0.25) is 0 Å². The second-order valence-electron chi connectivity index (χ2n) is 4.98. The largest absolute Gasteiger partial charge is 0.289 e. The maximum atomic E-state index is 4.76. The Balaban J connectivity index is 1.98. The van der Waals surface area contributed by atoms with Gasteiger partial charge >= 0.3 is 0 Å². The van der Waals surface area contributed by atoms with Gasteiger partial charge in [-0.15, -0.1) is 0 Å². The zero-order valence-corrected chi connectivity index (χ0v) is 11.1. The molecule has 0 spiro atoms. The Labute approximate surface area is 116 Å². The van der Waals surface area contributed by atoms with Crippen LogP contribution in [0.4, 0.5) is 0 Å². The standard InChI is InChI=1S/C17H13N3/c1-12-6-8-13(9-7-12)16-10-20-11-18-15-5-3-2-4-14(15)17(20)19-16/h2-11H,1H3. The molecule has 2 aromatic carbocycles. The molecule has 0 aliphatic rings. The molecular formula is C17H13N3. The summed E-state index contributed by atoms with van der Waals surface area (Å²) in [5, 5.41) is 1.08. The molecule has 0 unspecified atom stereocenters. The van der Waals surface area contributed by atoms with Crippen LogP contribution >= 0.6 is 0 Å². The fraction of sp³-hybridized carbons (Fsp3) is 0.0588. The summed E-state index contributed by atoms with van der Waals surface area (Å²) < 4.78 is 1.98. The fourth-order valence-corrected chi connectivity index (χ4v) is 2.44. The smallest absolute Gasteiger partial charge is 0.148 e. The van der Waals surface area contributed by atoms with Crippen LogP contribution in [0.3, 0.4) is 0 Å². The highest BCUT2D eigenvalue weighted by atomic mass is 15.0. The number of imidazole rings is 1. The Hall–Kier alpha value is -2.68. The van der Waals surface area contributed by atoms with E-state index in [4.69, 9.17) is 4.98 Å². The molecule has 0 saturated carbocycles. The Morgan fingerprint density at radius 3 is 2.60 bits per heavy atom. The predicted octanol–water partition coefficient (Wildman–Crippen LogP) is 3.86. The molecule has 3 heteroatoms. The summed E-state index contributed by atoms with van der Waals surface area (Å²) in [7, 11) is 0. The van der Waals surface area contributed by atoms with Gasteiger partial charge in [-0.2, -0.15) is 0 Å². The van der Waals surface area contributed by atoms with Crippen LogP contribution in [0.1, 0.15) is 5.56 Å². The first-order chi connectivity index (χ1) is 9.81. The van der Waals surface area contributed by atoms with Crippen LogP contribution in [-0.4, -0.2) is 14.4 Å². The number of aromatic nitrogens is 3. The van der Waals surface area contributed by atoms with Crippen LogP contribution in [0.25, 0.3) is 27.8 Å². The van der Waals surface area contributed by atoms with Gasteiger partial charge in [-0.05, 0) is 19.1 Å². The topological polar surface area (TPSA) is 30.2 Å². The van der Waals surface area contributed by atoms with Crippen LogP contribution in [0, 0.1) is 6.92 Å². The zero-order chi connectivity index (χ0) is 13.5. The Bertz CT molecular complexity index is 904. The molecule has 4 rings (SSSR count). The number of hydrogen-bond acceptors (Lipinski definition) is 2. The fourth-order valence-electron chi connectivity index (χ4n) is 2.44. The van der Waals surface area contributed by atoms with Gasteiger partial charge in [-0.1, -0.05) is 42.0 Å². The number of para-hydroxylation sites is 1. The van der Waals surface area contributed by atoms with Crippen LogP contribution in [0.15, 0.2) is 61.1 Å². The second kappa shape index (κ2) is 4.17. The average molecular weight is 259 g/mol. The third-order valence-corrected chi connectivity index (χ3v) is 3.55. The highest BCUT2D eigenvalue weighted by molar-refractivity contribution is 5.91. The first kappa shape index (κ1) is 11.2. The summed E-state index contributed by atoms with van der Waals surface area (Å²) in [6.45, 7) is 2.09. The van der Waals surface area contributed by atoms with Gasteiger partial charge in [0, 0.05) is 17.1 Å². The normalized spacial score (nSPS) is 11.2. The van der Waals surface area contributed by atoms with Crippen molar-refractivity contribution in [3.05, 3.63) is 66.6 Å². The zero-order valence-electron chi connectivity index (χ0n) is 11.1. The Morgan fingerprint density at radius 2 is 1.75 bits per heavy atom. The molecule has 2 aromatic heterocycles. The first-order valence-corrected chi connectivity index (χ1v) is 6.61. The lowest BCUT2D eigenvalue weighted by Crippen LogP contribution is -1.87. The number of nitrogens with zero attached hydrogens (tertiary/aromatic N) is 3. The summed E-state index contributed by atoms with van der Waals surface area (Å²) in [6.07, 6.45) is 3.85. The molecule has 3 nitrogen and oxygen atoms in total. The van der Waals surface area contributed by atoms with Crippen molar-refractivity contribution >= 4 is 16.6 Å². The van der Waals surface area contributed by atoms with Gasteiger partial charge in [0.15, 0.2) is 0 Å². The summed E-state index contributed by atoms with van der Waals surface area (Å²) in [5.74, 6) is 0. The first-order valence-electron chi connectivity index (χ1n) is 6.61. The highest BCUT2D eigenvalue weighted by Crippen LogP contribution is 2.23. The molecule has 4 aromatic rings. The van der Waals surface area contributed by atoms with Crippen LogP contribution in [-0.2, 0) is 0 Å². The predicted molar refractivity (Wildman–Crippen MR) is 80.7 cm³/mol. The monoisotopic (exact) mass is 259 g/mol. The molecule has 0 N–H and O–H groups in total.